The Labute approximate surface area is 186 Å². The SMILES string of the molecule is COc1ccc(C(=O)c2coc3ccc(O)c(CN4CCN(C)CC4)c23)c(OC)c1OC. The minimum atomic E-state index is -0.285. The second-order valence-electron chi connectivity index (χ2n) is 7.88. The van der Waals surface area contributed by atoms with Crippen LogP contribution in [0.15, 0.2) is 34.9 Å². The molecule has 1 N–H and O–H groups in total. The third kappa shape index (κ3) is 3.87. The van der Waals surface area contributed by atoms with Crippen LogP contribution < -0.4 is 14.2 Å². The number of carbonyl (C=O) groups is 1. The van der Waals surface area contributed by atoms with Gasteiger partial charge in [-0.15, -0.1) is 0 Å². The van der Waals surface area contributed by atoms with Gasteiger partial charge in [0.25, 0.3) is 0 Å². The summed E-state index contributed by atoms with van der Waals surface area (Å²) in [6.07, 6.45) is 1.44. The predicted molar refractivity (Wildman–Crippen MR) is 120 cm³/mol. The molecule has 32 heavy (non-hydrogen) atoms. The van der Waals surface area contributed by atoms with E-state index in [1.165, 1.54) is 27.6 Å². The van der Waals surface area contributed by atoms with Gasteiger partial charge in [0.1, 0.15) is 17.6 Å². The summed E-state index contributed by atoms with van der Waals surface area (Å²) >= 11 is 0. The Bertz CT molecular complexity index is 1130. The van der Waals surface area contributed by atoms with Gasteiger partial charge in [0.15, 0.2) is 11.5 Å². The molecular weight excluding hydrogens is 412 g/mol. The second-order valence-corrected chi connectivity index (χ2v) is 7.88. The smallest absolute Gasteiger partial charge is 0.204 e. The molecule has 2 aromatic carbocycles. The maximum Gasteiger partial charge on any atom is 0.204 e. The molecule has 1 aliphatic rings. The van der Waals surface area contributed by atoms with Crippen molar-refractivity contribution in [1.29, 1.82) is 0 Å². The summed E-state index contributed by atoms with van der Waals surface area (Å²) in [5.74, 6) is 0.949. The van der Waals surface area contributed by atoms with Gasteiger partial charge in [-0.1, -0.05) is 0 Å². The van der Waals surface area contributed by atoms with Gasteiger partial charge in [0, 0.05) is 43.7 Å². The molecule has 2 heterocycles. The highest BCUT2D eigenvalue weighted by molar-refractivity contribution is 6.18. The van der Waals surface area contributed by atoms with E-state index in [1.54, 1.807) is 24.3 Å². The third-order valence-electron chi connectivity index (χ3n) is 5.99. The van der Waals surface area contributed by atoms with Crippen molar-refractivity contribution in [2.75, 3.05) is 54.6 Å². The van der Waals surface area contributed by atoms with Crippen molar-refractivity contribution >= 4 is 16.8 Å². The molecule has 170 valence electrons. The third-order valence-corrected chi connectivity index (χ3v) is 5.99. The van der Waals surface area contributed by atoms with Crippen molar-refractivity contribution in [2.45, 2.75) is 6.54 Å². The molecule has 0 unspecified atom stereocenters. The van der Waals surface area contributed by atoms with E-state index in [2.05, 4.69) is 16.8 Å². The number of hydrogen-bond acceptors (Lipinski definition) is 8. The van der Waals surface area contributed by atoms with Crippen LogP contribution in [0, 0.1) is 0 Å². The van der Waals surface area contributed by atoms with Gasteiger partial charge in [0.2, 0.25) is 11.5 Å². The minimum Gasteiger partial charge on any atom is -0.508 e. The summed E-state index contributed by atoms with van der Waals surface area (Å²) in [5, 5.41) is 11.3. The number of ketones is 1. The first-order chi connectivity index (χ1) is 15.5. The maximum absolute atomic E-state index is 13.6. The molecule has 0 saturated carbocycles. The zero-order valence-electron chi connectivity index (χ0n) is 18.8. The van der Waals surface area contributed by atoms with Crippen molar-refractivity contribution in [2.24, 2.45) is 0 Å². The summed E-state index contributed by atoms with van der Waals surface area (Å²) in [7, 11) is 6.59. The summed E-state index contributed by atoms with van der Waals surface area (Å²) < 4.78 is 22.0. The molecule has 0 spiro atoms. The molecule has 8 heteroatoms. The van der Waals surface area contributed by atoms with E-state index < -0.39 is 0 Å². The molecule has 0 atom stereocenters. The lowest BCUT2D eigenvalue weighted by molar-refractivity contribution is 0.103. The molecule has 3 aromatic rings. The summed E-state index contributed by atoms with van der Waals surface area (Å²) in [4.78, 5) is 18.2. The highest BCUT2D eigenvalue weighted by Crippen LogP contribution is 2.42. The quantitative estimate of drug-likeness (QED) is 0.561. The minimum absolute atomic E-state index is 0.145. The molecule has 8 nitrogen and oxygen atoms in total. The monoisotopic (exact) mass is 440 g/mol. The number of aromatic hydroxyl groups is 1. The van der Waals surface area contributed by atoms with Crippen LogP contribution >= 0.6 is 0 Å². The number of ether oxygens (including phenoxy) is 3. The van der Waals surface area contributed by atoms with Crippen LogP contribution in [0.5, 0.6) is 23.0 Å². The molecule has 1 fully saturated rings. The van der Waals surface area contributed by atoms with Crippen LogP contribution in [0.2, 0.25) is 0 Å². The number of benzene rings is 2. The fourth-order valence-corrected chi connectivity index (χ4v) is 4.17. The largest absolute Gasteiger partial charge is 0.508 e. The lowest BCUT2D eigenvalue weighted by Gasteiger charge is -2.32. The number of furan rings is 1. The van der Waals surface area contributed by atoms with Crippen molar-refractivity contribution < 1.29 is 28.5 Å². The first kappa shape index (κ1) is 22.0. The number of likely N-dealkylation sites (N-methyl/N-ethyl adjacent to an activating group) is 1. The zero-order valence-corrected chi connectivity index (χ0v) is 18.8. The average molecular weight is 440 g/mol. The molecular formula is C24H28N2O6. The lowest BCUT2D eigenvalue weighted by Crippen LogP contribution is -2.43. The van der Waals surface area contributed by atoms with Gasteiger partial charge in [-0.25, -0.2) is 0 Å². The van der Waals surface area contributed by atoms with Crippen LogP contribution in [0.3, 0.4) is 0 Å². The Morgan fingerprint density at radius 1 is 0.969 bits per heavy atom. The average Bonchev–Trinajstić information content (AvgIpc) is 3.25. The molecule has 0 bridgehead atoms. The Kier molecular flexibility index (Phi) is 6.25. The number of nitrogens with zero attached hydrogens (tertiary/aromatic N) is 2. The topological polar surface area (TPSA) is 84.6 Å². The Hall–Kier alpha value is -3.23. The zero-order chi connectivity index (χ0) is 22.8. The Morgan fingerprint density at radius 3 is 2.34 bits per heavy atom. The summed E-state index contributed by atoms with van der Waals surface area (Å²) in [6, 6.07) is 6.60. The number of hydrogen-bond donors (Lipinski definition) is 1. The van der Waals surface area contributed by atoms with E-state index in [9.17, 15) is 9.90 Å². The van der Waals surface area contributed by atoms with E-state index in [-0.39, 0.29) is 17.3 Å². The van der Waals surface area contributed by atoms with Crippen molar-refractivity contribution in [1.82, 2.24) is 9.80 Å². The molecule has 4 rings (SSSR count). The Balaban J connectivity index is 1.79. The van der Waals surface area contributed by atoms with Gasteiger partial charge in [-0.3, -0.25) is 9.69 Å². The molecule has 1 aliphatic heterocycles. The first-order valence-electron chi connectivity index (χ1n) is 10.4. The van der Waals surface area contributed by atoms with E-state index in [0.717, 1.165) is 26.2 Å². The second kappa shape index (κ2) is 9.10. The van der Waals surface area contributed by atoms with E-state index in [1.807, 2.05) is 0 Å². The molecule has 0 aliphatic carbocycles. The normalized spacial score (nSPS) is 15.1. The van der Waals surface area contributed by atoms with Crippen molar-refractivity contribution in [3.8, 4) is 23.0 Å². The predicted octanol–water partition coefficient (Wildman–Crippen LogP) is 3.14. The number of fused-ring (bicyclic) bond motifs is 1. The van der Waals surface area contributed by atoms with Crippen molar-refractivity contribution in [3.63, 3.8) is 0 Å². The fraction of sp³-hybridized carbons (Fsp3) is 0.375. The number of piperazine rings is 1. The molecule has 0 amide bonds. The van der Waals surface area contributed by atoms with Crippen LogP contribution in [-0.4, -0.2) is 75.2 Å². The van der Waals surface area contributed by atoms with Crippen LogP contribution in [0.25, 0.3) is 11.0 Å². The molecule has 0 radical (unpaired) electrons. The highest BCUT2D eigenvalue weighted by atomic mass is 16.5. The van der Waals surface area contributed by atoms with E-state index >= 15 is 0 Å². The van der Waals surface area contributed by atoms with Gasteiger partial charge < -0.3 is 28.6 Å². The highest BCUT2D eigenvalue weighted by Gasteiger charge is 2.27. The van der Waals surface area contributed by atoms with Gasteiger partial charge in [-0.2, -0.15) is 0 Å². The van der Waals surface area contributed by atoms with Gasteiger partial charge in [-0.05, 0) is 31.3 Å². The van der Waals surface area contributed by atoms with Gasteiger partial charge in [0.05, 0.1) is 32.5 Å². The lowest BCUT2D eigenvalue weighted by atomic mass is 9.97. The fourth-order valence-electron chi connectivity index (χ4n) is 4.17. The Morgan fingerprint density at radius 2 is 1.69 bits per heavy atom. The number of phenols is 1. The van der Waals surface area contributed by atoms with Crippen LogP contribution in [0.1, 0.15) is 21.5 Å². The molecule has 1 aromatic heterocycles. The van der Waals surface area contributed by atoms with Gasteiger partial charge >= 0.3 is 0 Å². The van der Waals surface area contributed by atoms with E-state index in [4.69, 9.17) is 18.6 Å². The van der Waals surface area contributed by atoms with Crippen molar-refractivity contribution in [3.05, 3.63) is 47.2 Å². The number of carbonyl (C=O) groups excluding carboxylic acids is 1. The van der Waals surface area contributed by atoms with Crippen LogP contribution in [0.4, 0.5) is 0 Å². The standard InChI is InChI=1S/C24H28N2O6/c1-25-9-11-26(12-10-25)13-16-18(27)6-8-19-21(16)17(14-32-19)22(28)15-5-7-20(29-2)24(31-4)23(15)30-3/h5-8,14,27H,9-13H2,1-4H3. The summed E-state index contributed by atoms with van der Waals surface area (Å²) in [6.45, 7) is 4.21. The number of methoxy groups -OCH3 is 3. The van der Waals surface area contributed by atoms with Crippen LogP contribution in [-0.2, 0) is 6.54 Å². The maximum atomic E-state index is 13.6. The first-order valence-corrected chi connectivity index (χ1v) is 10.4. The number of rotatable bonds is 7. The number of phenolic OH excluding ortho intramolecular Hbond substituents is 1. The van der Waals surface area contributed by atoms with E-state index in [0.29, 0.717) is 45.7 Å². The summed E-state index contributed by atoms with van der Waals surface area (Å²) in [5.41, 5.74) is 1.92. The molecule has 1 saturated heterocycles.